The number of aromatic nitrogens is 3. The number of benzene rings is 1. The number of aromatic amines is 1. The predicted molar refractivity (Wildman–Crippen MR) is 120 cm³/mol. The van der Waals surface area contributed by atoms with Crippen molar-refractivity contribution in [2.24, 2.45) is 7.05 Å². The van der Waals surface area contributed by atoms with E-state index in [0.717, 1.165) is 16.8 Å². The summed E-state index contributed by atoms with van der Waals surface area (Å²) >= 11 is 0. The Balaban J connectivity index is 0.00000210. The third-order valence-electron chi connectivity index (χ3n) is 4.71. The average Bonchev–Trinajstić information content (AvgIpc) is 2.90. The molecule has 2 heterocycles. The number of nitrogens with two attached hydrogens (primary N) is 1. The minimum Gasteiger partial charge on any atom is -0.497 e. The molecule has 0 spiro atoms. The number of methoxy groups -OCH3 is 1. The first-order chi connectivity index (χ1) is 12.8. The Morgan fingerprint density at radius 2 is 2.00 bits per heavy atom. The van der Waals surface area contributed by atoms with Crippen LogP contribution < -0.4 is 21.3 Å². The van der Waals surface area contributed by atoms with Gasteiger partial charge < -0.3 is 15.8 Å². The van der Waals surface area contributed by atoms with Crippen LogP contribution in [0.1, 0.15) is 23.2 Å². The molecule has 0 aliphatic carbocycles. The minimum atomic E-state index is -0.174. The number of rotatable bonds is 5. The number of aryl methyl sites for hydroxylation is 3. The number of ether oxygens (including phenoxy) is 1. The minimum absolute atomic E-state index is 0. The monoisotopic (exact) mass is 441 g/mol. The molecule has 0 aliphatic heterocycles. The highest BCUT2D eigenvalue weighted by atomic mass is 35.5. The molecule has 4 N–H and O–H groups in total. The molecular formula is C19H25Cl2N5O3. The van der Waals surface area contributed by atoms with Crippen LogP contribution in [-0.2, 0) is 18.3 Å². The van der Waals surface area contributed by atoms with Gasteiger partial charge in [-0.05, 0) is 43.5 Å². The fourth-order valence-corrected chi connectivity index (χ4v) is 3.24. The molecule has 158 valence electrons. The molecule has 10 heteroatoms. The highest BCUT2D eigenvalue weighted by molar-refractivity contribution is 5.94. The number of nitrogens with one attached hydrogen (secondary N) is 2. The van der Waals surface area contributed by atoms with E-state index in [9.17, 15) is 9.59 Å². The number of hydrogen-bond donors (Lipinski definition) is 3. The average molecular weight is 442 g/mol. The summed E-state index contributed by atoms with van der Waals surface area (Å²) in [6.45, 7) is 3.77. The first kappa shape index (κ1) is 24.3. The van der Waals surface area contributed by atoms with Crippen LogP contribution in [0.3, 0.4) is 0 Å². The number of carbonyl (C=O) groups is 1. The summed E-state index contributed by atoms with van der Waals surface area (Å²) in [6.07, 6.45) is 0.723. The highest BCUT2D eigenvalue weighted by Crippen LogP contribution is 2.25. The Bertz CT molecular complexity index is 1090. The van der Waals surface area contributed by atoms with Crippen molar-refractivity contribution in [3.05, 3.63) is 45.4 Å². The van der Waals surface area contributed by atoms with Crippen LogP contribution >= 0.6 is 24.8 Å². The molecule has 0 bridgehead atoms. The van der Waals surface area contributed by atoms with Gasteiger partial charge in [-0.1, -0.05) is 0 Å². The number of amides is 1. The van der Waals surface area contributed by atoms with Gasteiger partial charge in [-0.2, -0.15) is 0 Å². The van der Waals surface area contributed by atoms with E-state index < -0.39 is 0 Å². The van der Waals surface area contributed by atoms with Gasteiger partial charge in [0.2, 0.25) is 5.91 Å². The van der Waals surface area contributed by atoms with Gasteiger partial charge in [0.1, 0.15) is 5.75 Å². The van der Waals surface area contributed by atoms with Crippen molar-refractivity contribution < 1.29 is 9.53 Å². The van der Waals surface area contributed by atoms with Crippen LogP contribution in [0, 0.1) is 13.8 Å². The van der Waals surface area contributed by atoms with E-state index in [0.29, 0.717) is 34.6 Å². The summed E-state index contributed by atoms with van der Waals surface area (Å²) in [7, 11) is 3.30. The number of pyridine rings is 1. The molecule has 0 saturated heterocycles. The number of fused-ring (bicyclic) bond motifs is 1. The fraction of sp³-hybridized carbons (Fsp3) is 0.316. The van der Waals surface area contributed by atoms with Gasteiger partial charge in [0.15, 0.2) is 5.65 Å². The van der Waals surface area contributed by atoms with Crippen LogP contribution in [0.4, 0.5) is 11.4 Å². The van der Waals surface area contributed by atoms with Gasteiger partial charge in [-0.15, -0.1) is 24.8 Å². The van der Waals surface area contributed by atoms with Crippen molar-refractivity contribution in [1.29, 1.82) is 0 Å². The molecule has 8 nitrogen and oxygen atoms in total. The lowest BCUT2D eigenvalue weighted by Gasteiger charge is -2.12. The number of nitrogens with zero attached hydrogens (tertiary/aromatic N) is 2. The molecule has 29 heavy (non-hydrogen) atoms. The number of halogens is 2. The smallest absolute Gasteiger partial charge is 0.273 e. The molecule has 0 unspecified atom stereocenters. The van der Waals surface area contributed by atoms with Gasteiger partial charge in [0.25, 0.3) is 5.56 Å². The Hall–Kier alpha value is -2.71. The van der Waals surface area contributed by atoms with Crippen molar-refractivity contribution in [1.82, 2.24) is 14.8 Å². The van der Waals surface area contributed by atoms with Crippen molar-refractivity contribution in [2.45, 2.75) is 26.7 Å². The summed E-state index contributed by atoms with van der Waals surface area (Å²) in [6, 6.07) is 5.10. The summed E-state index contributed by atoms with van der Waals surface area (Å²) in [4.78, 5) is 29.1. The van der Waals surface area contributed by atoms with Crippen LogP contribution in [0.25, 0.3) is 11.0 Å². The number of nitrogen functional groups attached to an aromatic ring is 1. The zero-order valence-corrected chi connectivity index (χ0v) is 18.3. The first-order valence-electron chi connectivity index (χ1n) is 8.60. The summed E-state index contributed by atoms with van der Waals surface area (Å²) in [5, 5.41) is 6.09. The second-order valence-corrected chi connectivity index (χ2v) is 6.50. The standard InChI is InChI=1S/C19H23N5O3.2ClH/c1-10-13(11(2)21-18-17(10)19(26)23-24(18)3)6-8-16(25)22-15-9-12(27-4)5-7-14(15)20;;/h5,7,9H,6,8,20H2,1-4H3,(H,22,25)(H,23,26);2*1H. The van der Waals surface area contributed by atoms with Crippen LogP contribution in [0.15, 0.2) is 23.0 Å². The Labute approximate surface area is 180 Å². The SMILES string of the molecule is COc1ccc(N)c(NC(=O)CCc2c(C)nc3c(c2C)c(=O)[nH]n3C)c1.Cl.Cl. The van der Waals surface area contributed by atoms with Gasteiger partial charge in [-0.25, -0.2) is 4.98 Å². The summed E-state index contributed by atoms with van der Waals surface area (Å²) in [5.41, 5.74) is 9.91. The maximum absolute atomic E-state index is 12.4. The van der Waals surface area contributed by atoms with Gasteiger partial charge in [0, 0.05) is 25.2 Å². The van der Waals surface area contributed by atoms with Crippen LogP contribution in [0.2, 0.25) is 0 Å². The zero-order valence-electron chi connectivity index (χ0n) is 16.7. The van der Waals surface area contributed by atoms with E-state index in [1.165, 1.54) is 0 Å². The lowest BCUT2D eigenvalue weighted by Crippen LogP contribution is -2.15. The summed E-state index contributed by atoms with van der Waals surface area (Å²) < 4.78 is 6.77. The normalized spacial score (nSPS) is 10.2. The highest BCUT2D eigenvalue weighted by Gasteiger charge is 2.16. The first-order valence-corrected chi connectivity index (χ1v) is 8.60. The number of H-pyrrole nitrogens is 1. The van der Waals surface area contributed by atoms with Gasteiger partial charge in [-0.3, -0.25) is 19.4 Å². The van der Waals surface area contributed by atoms with Crippen molar-refractivity contribution >= 4 is 53.1 Å². The van der Waals surface area contributed by atoms with Gasteiger partial charge >= 0.3 is 0 Å². The molecule has 3 rings (SSSR count). The number of anilines is 2. The van der Waals surface area contributed by atoms with E-state index in [4.69, 9.17) is 10.5 Å². The van der Waals surface area contributed by atoms with Crippen molar-refractivity contribution in [3.8, 4) is 5.75 Å². The molecular weight excluding hydrogens is 417 g/mol. The largest absolute Gasteiger partial charge is 0.497 e. The van der Waals surface area contributed by atoms with Crippen LogP contribution in [0.5, 0.6) is 5.75 Å². The quantitative estimate of drug-likeness (QED) is 0.526. The predicted octanol–water partition coefficient (Wildman–Crippen LogP) is 2.88. The number of carbonyl (C=O) groups excluding carboxylic acids is 1. The fourth-order valence-electron chi connectivity index (χ4n) is 3.24. The molecule has 1 aromatic carbocycles. The maximum atomic E-state index is 12.4. The molecule has 0 aliphatic rings. The van der Waals surface area contributed by atoms with E-state index in [2.05, 4.69) is 15.4 Å². The van der Waals surface area contributed by atoms with Gasteiger partial charge in [0.05, 0.1) is 23.9 Å². The van der Waals surface area contributed by atoms with E-state index >= 15 is 0 Å². The summed E-state index contributed by atoms with van der Waals surface area (Å²) in [5.74, 6) is 0.444. The van der Waals surface area contributed by atoms with Crippen molar-refractivity contribution in [3.63, 3.8) is 0 Å². The second-order valence-electron chi connectivity index (χ2n) is 6.50. The topological polar surface area (TPSA) is 115 Å². The van der Waals surface area contributed by atoms with E-state index in [-0.39, 0.29) is 42.7 Å². The third kappa shape index (κ3) is 4.83. The Morgan fingerprint density at radius 1 is 1.31 bits per heavy atom. The van der Waals surface area contributed by atoms with Crippen LogP contribution in [-0.4, -0.2) is 27.8 Å². The molecule has 0 fully saturated rings. The third-order valence-corrected chi connectivity index (χ3v) is 4.71. The molecule has 0 atom stereocenters. The Kier molecular flexibility index (Phi) is 8.11. The molecule has 3 aromatic rings. The maximum Gasteiger partial charge on any atom is 0.273 e. The molecule has 0 radical (unpaired) electrons. The Morgan fingerprint density at radius 3 is 2.66 bits per heavy atom. The van der Waals surface area contributed by atoms with Crippen molar-refractivity contribution in [2.75, 3.05) is 18.2 Å². The molecule has 2 aromatic heterocycles. The van der Waals surface area contributed by atoms with E-state index in [1.807, 2.05) is 13.8 Å². The molecule has 1 amide bonds. The second kappa shape index (κ2) is 9.67. The lowest BCUT2D eigenvalue weighted by atomic mass is 10.00. The molecule has 0 saturated carbocycles. The lowest BCUT2D eigenvalue weighted by molar-refractivity contribution is -0.116. The zero-order chi connectivity index (χ0) is 19.7. The number of hydrogen-bond acceptors (Lipinski definition) is 5. The van der Waals surface area contributed by atoms with E-state index in [1.54, 1.807) is 37.0 Å².